The molecule has 2 atom stereocenters. The molecular formula is C21H21BrN2O5. The quantitative estimate of drug-likeness (QED) is 0.505. The molecule has 1 aliphatic rings. The molecule has 0 aromatic heterocycles. The van der Waals surface area contributed by atoms with E-state index < -0.39 is 18.1 Å². The van der Waals surface area contributed by atoms with E-state index in [2.05, 4.69) is 21.2 Å². The number of nitrogens with zero attached hydrogens (tertiary/aromatic N) is 1. The highest BCUT2D eigenvalue weighted by atomic mass is 79.9. The minimum atomic E-state index is -0.892. The zero-order valence-corrected chi connectivity index (χ0v) is 17.6. The zero-order valence-electron chi connectivity index (χ0n) is 16.1. The van der Waals surface area contributed by atoms with Crippen LogP contribution in [0.4, 0.5) is 0 Å². The second kappa shape index (κ2) is 9.09. The van der Waals surface area contributed by atoms with Gasteiger partial charge in [-0.15, -0.1) is 0 Å². The number of ether oxygens (including phenoxy) is 2. The minimum Gasteiger partial charge on any atom is -0.496 e. The average Bonchev–Trinajstić information content (AvgIpc) is 2.73. The van der Waals surface area contributed by atoms with Gasteiger partial charge in [0.1, 0.15) is 11.8 Å². The van der Waals surface area contributed by atoms with Gasteiger partial charge in [-0.1, -0.05) is 36.4 Å². The Morgan fingerprint density at radius 1 is 1.21 bits per heavy atom. The fourth-order valence-corrected chi connectivity index (χ4v) is 3.79. The van der Waals surface area contributed by atoms with Gasteiger partial charge in [-0.05, 0) is 39.2 Å². The van der Waals surface area contributed by atoms with Gasteiger partial charge in [-0.25, -0.2) is 4.79 Å². The largest absolute Gasteiger partial charge is 0.496 e. The van der Waals surface area contributed by atoms with E-state index in [0.29, 0.717) is 15.8 Å². The molecule has 1 N–H and O–H groups in total. The van der Waals surface area contributed by atoms with E-state index in [1.807, 2.05) is 30.3 Å². The van der Waals surface area contributed by atoms with Crippen molar-refractivity contribution in [2.45, 2.75) is 18.5 Å². The number of amides is 2. The van der Waals surface area contributed by atoms with Gasteiger partial charge in [0.15, 0.2) is 6.04 Å². The molecule has 0 saturated carbocycles. The number of methoxy groups -OCH3 is 2. The first-order valence-electron chi connectivity index (χ1n) is 8.99. The number of hydrogen-bond donors (Lipinski definition) is 1. The summed E-state index contributed by atoms with van der Waals surface area (Å²) in [6, 6.07) is 12.9. The third-order valence-electron chi connectivity index (χ3n) is 4.73. The number of hydrogen-bond acceptors (Lipinski definition) is 5. The summed E-state index contributed by atoms with van der Waals surface area (Å²) in [5.74, 6) is -0.507. The van der Waals surface area contributed by atoms with Gasteiger partial charge in [0, 0.05) is 0 Å². The van der Waals surface area contributed by atoms with Gasteiger partial charge < -0.3 is 19.7 Å². The molecule has 0 spiro atoms. The van der Waals surface area contributed by atoms with E-state index >= 15 is 0 Å². The van der Waals surface area contributed by atoms with Gasteiger partial charge in [0.2, 0.25) is 11.8 Å². The van der Waals surface area contributed by atoms with Crippen LogP contribution in [0.25, 0.3) is 0 Å². The molecule has 152 valence electrons. The second-order valence-corrected chi connectivity index (χ2v) is 7.45. The maximum Gasteiger partial charge on any atom is 0.333 e. The molecule has 2 aromatic carbocycles. The van der Waals surface area contributed by atoms with Gasteiger partial charge in [0.05, 0.1) is 31.7 Å². The van der Waals surface area contributed by atoms with Crippen molar-refractivity contribution in [2.24, 2.45) is 0 Å². The van der Waals surface area contributed by atoms with E-state index in [1.54, 1.807) is 25.3 Å². The molecule has 0 bridgehead atoms. The van der Waals surface area contributed by atoms with Crippen LogP contribution in [0.1, 0.15) is 17.2 Å². The van der Waals surface area contributed by atoms with Gasteiger partial charge in [-0.2, -0.15) is 0 Å². The average molecular weight is 461 g/mol. The maximum absolute atomic E-state index is 12.7. The smallest absolute Gasteiger partial charge is 0.333 e. The van der Waals surface area contributed by atoms with E-state index in [0.717, 1.165) is 5.56 Å². The molecule has 1 aliphatic heterocycles. The lowest BCUT2D eigenvalue weighted by Crippen LogP contribution is -2.65. The Hall–Kier alpha value is -2.87. The molecule has 2 amide bonds. The monoisotopic (exact) mass is 460 g/mol. The first-order valence-corrected chi connectivity index (χ1v) is 9.79. The van der Waals surface area contributed by atoms with Gasteiger partial charge in [-0.3, -0.25) is 9.59 Å². The summed E-state index contributed by atoms with van der Waals surface area (Å²) in [5.41, 5.74) is 1.45. The van der Waals surface area contributed by atoms with Crippen molar-refractivity contribution in [2.75, 3.05) is 20.8 Å². The molecular weight excluding hydrogens is 440 g/mol. The van der Waals surface area contributed by atoms with E-state index in [9.17, 15) is 14.4 Å². The molecule has 0 radical (unpaired) electrons. The van der Waals surface area contributed by atoms with E-state index in [1.165, 1.54) is 12.0 Å². The van der Waals surface area contributed by atoms with Crippen LogP contribution in [-0.4, -0.2) is 49.5 Å². The summed E-state index contributed by atoms with van der Waals surface area (Å²) in [6.07, 6.45) is 0.191. The third-order valence-corrected chi connectivity index (χ3v) is 5.35. The molecule has 2 unspecified atom stereocenters. The minimum absolute atomic E-state index is 0.191. The number of benzene rings is 2. The number of esters is 1. The Balaban J connectivity index is 1.68. The second-order valence-electron chi connectivity index (χ2n) is 6.59. The Bertz CT molecular complexity index is 919. The van der Waals surface area contributed by atoms with Crippen LogP contribution in [-0.2, 0) is 25.5 Å². The molecule has 1 saturated heterocycles. The molecule has 3 rings (SSSR count). The van der Waals surface area contributed by atoms with Crippen LogP contribution >= 0.6 is 15.9 Å². The molecule has 7 nitrogen and oxygen atoms in total. The summed E-state index contributed by atoms with van der Waals surface area (Å²) in [6.45, 7) is 0.225. The lowest BCUT2D eigenvalue weighted by molar-refractivity contribution is -0.162. The number of carbonyl (C=O) groups excluding carboxylic acids is 3. The summed E-state index contributed by atoms with van der Waals surface area (Å²) < 4.78 is 10.8. The van der Waals surface area contributed by atoms with Crippen molar-refractivity contribution in [3.05, 3.63) is 64.1 Å². The molecule has 29 heavy (non-hydrogen) atoms. The fourth-order valence-electron chi connectivity index (χ4n) is 3.23. The van der Waals surface area contributed by atoms with Gasteiger partial charge in [0.25, 0.3) is 0 Å². The van der Waals surface area contributed by atoms with E-state index in [-0.39, 0.29) is 24.8 Å². The predicted molar refractivity (Wildman–Crippen MR) is 109 cm³/mol. The van der Waals surface area contributed by atoms with Crippen LogP contribution in [0.15, 0.2) is 53.0 Å². The van der Waals surface area contributed by atoms with Crippen molar-refractivity contribution in [3.8, 4) is 5.75 Å². The Morgan fingerprint density at radius 3 is 2.52 bits per heavy atom. The predicted octanol–water partition coefficient (Wildman–Crippen LogP) is 2.24. The molecule has 0 aliphatic carbocycles. The highest BCUT2D eigenvalue weighted by Gasteiger charge is 2.45. The molecule has 2 aromatic rings. The number of carbonyl (C=O) groups is 3. The zero-order chi connectivity index (χ0) is 21.0. The lowest BCUT2D eigenvalue weighted by Gasteiger charge is -2.42. The number of nitrogens with one attached hydrogen (secondary N) is 1. The summed E-state index contributed by atoms with van der Waals surface area (Å²) in [7, 11) is 2.82. The van der Waals surface area contributed by atoms with E-state index in [4.69, 9.17) is 9.47 Å². The van der Waals surface area contributed by atoms with Crippen molar-refractivity contribution in [1.29, 1.82) is 0 Å². The van der Waals surface area contributed by atoms with Crippen LogP contribution in [0, 0.1) is 0 Å². The van der Waals surface area contributed by atoms with Crippen LogP contribution in [0.5, 0.6) is 5.75 Å². The van der Waals surface area contributed by atoms with Crippen molar-refractivity contribution >= 4 is 33.7 Å². The highest BCUT2D eigenvalue weighted by Crippen LogP contribution is 2.33. The fraction of sp³-hybridized carbons (Fsp3) is 0.286. The summed E-state index contributed by atoms with van der Waals surface area (Å²) in [4.78, 5) is 38.7. The van der Waals surface area contributed by atoms with Crippen molar-refractivity contribution < 1.29 is 23.9 Å². The Labute approximate surface area is 177 Å². The van der Waals surface area contributed by atoms with Crippen LogP contribution in [0.2, 0.25) is 0 Å². The SMILES string of the molecule is COC(=O)C(c1ccc(OC)c(Br)c1)N1CC(NC(=O)Cc2ccccc2)C1=O. The van der Waals surface area contributed by atoms with Crippen molar-refractivity contribution in [1.82, 2.24) is 10.2 Å². The standard InChI is InChI=1S/C21H21BrN2O5/c1-28-17-9-8-14(11-15(17)22)19(21(27)29-2)24-12-16(20(24)26)23-18(25)10-13-6-4-3-5-7-13/h3-9,11,16,19H,10,12H2,1-2H3,(H,23,25). The highest BCUT2D eigenvalue weighted by molar-refractivity contribution is 9.10. The van der Waals surface area contributed by atoms with Gasteiger partial charge >= 0.3 is 5.97 Å². The van der Waals surface area contributed by atoms with Crippen molar-refractivity contribution in [3.63, 3.8) is 0 Å². The third kappa shape index (κ3) is 4.59. The Morgan fingerprint density at radius 2 is 1.93 bits per heavy atom. The molecule has 1 heterocycles. The summed E-state index contributed by atoms with van der Waals surface area (Å²) in [5, 5.41) is 2.73. The number of likely N-dealkylation sites (tertiary alicyclic amines) is 1. The normalized spacial score (nSPS) is 16.6. The van der Waals surface area contributed by atoms with Crippen LogP contribution < -0.4 is 10.1 Å². The Kier molecular flexibility index (Phi) is 6.53. The molecule has 8 heteroatoms. The summed E-state index contributed by atoms with van der Waals surface area (Å²) >= 11 is 3.39. The number of halogens is 1. The molecule has 1 fully saturated rings. The number of rotatable bonds is 7. The maximum atomic E-state index is 12.7. The first kappa shape index (κ1) is 20.9. The first-order chi connectivity index (χ1) is 13.9. The number of β-lactam (4-membered cyclic amide) rings is 1. The lowest BCUT2D eigenvalue weighted by atomic mass is 9.98. The topological polar surface area (TPSA) is 84.9 Å². The van der Waals surface area contributed by atoms with Crippen LogP contribution in [0.3, 0.4) is 0 Å².